The van der Waals surface area contributed by atoms with E-state index in [4.69, 9.17) is 47.5 Å². The molecule has 0 spiro atoms. The van der Waals surface area contributed by atoms with Crippen molar-refractivity contribution in [2.24, 2.45) is 16.5 Å². The second kappa shape index (κ2) is 17.4. The summed E-state index contributed by atoms with van der Waals surface area (Å²) in [6.45, 7) is 2.00. The number of nitrogens with zero attached hydrogens (tertiary/aromatic N) is 3. The lowest BCUT2D eigenvalue weighted by Gasteiger charge is -2.17. The van der Waals surface area contributed by atoms with Gasteiger partial charge in [-0.1, -0.05) is 12.2 Å². The number of nitrogen functional groups attached to an aromatic ring is 1. The molecule has 2 unspecified atom stereocenters. The van der Waals surface area contributed by atoms with Gasteiger partial charge in [-0.15, -0.1) is 4.52 Å². The largest absolute Gasteiger partial charge is 0.505 e. The van der Waals surface area contributed by atoms with Gasteiger partial charge in [-0.05, 0) is 49.0 Å². The summed E-state index contributed by atoms with van der Waals surface area (Å²) in [5.74, 6) is 0.184. The molecule has 2 saturated heterocycles. The first-order valence-electron chi connectivity index (χ1n) is 13.7. The van der Waals surface area contributed by atoms with Crippen LogP contribution in [-0.2, 0) is 41.3 Å². The maximum Gasteiger partial charge on any atom is 0.505 e. The van der Waals surface area contributed by atoms with Crippen LogP contribution in [0.3, 0.4) is 0 Å². The Hall–Kier alpha value is -2.33. The number of allylic oxidation sites excluding steroid dienone is 3. The van der Waals surface area contributed by atoms with Gasteiger partial charge < -0.3 is 46.7 Å². The Bertz CT molecular complexity index is 1250. The number of ether oxygens (including phenoxy) is 2. The van der Waals surface area contributed by atoms with Crippen molar-refractivity contribution in [1.82, 2.24) is 9.97 Å². The van der Waals surface area contributed by atoms with Crippen LogP contribution in [0.15, 0.2) is 34.7 Å². The number of hydrogen-bond donors (Lipinski definition) is 6. The molecule has 2 fully saturated rings. The lowest BCUT2D eigenvalue weighted by atomic mass is 10.1. The second-order valence-corrected chi connectivity index (χ2v) is 11.9. The van der Waals surface area contributed by atoms with Crippen LogP contribution in [-0.4, -0.2) is 95.1 Å². The molecule has 9 atom stereocenters. The molecule has 1 aromatic heterocycles. The summed E-state index contributed by atoms with van der Waals surface area (Å²) in [5, 5.41) is 21.7. The van der Waals surface area contributed by atoms with Crippen molar-refractivity contribution in [2.45, 2.75) is 81.8 Å². The zero-order chi connectivity index (χ0) is 32.4. The van der Waals surface area contributed by atoms with Gasteiger partial charge in [-0.25, -0.2) is 23.7 Å². The molecule has 2 aliphatic heterocycles. The Labute approximate surface area is 261 Å². The van der Waals surface area contributed by atoms with E-state index in [1.807, 2.05) is 12.2 Å². The Morgan fingerprint density at radius 2 is 1.86 bits per heavy atom. The first-order chi connectivity index (χ1) is 21.0. The third kappa shape index (κ3) is 9.35. The number of aliphatic hydroxyl groups is 2. The van der Waals surface area contributed by atoms with Gasteiger partial charge in [-0.2, -0.15) is 0 Å². The van der Waals surface area contributed by atoms with E-state index < -0.39 is 70.5 Å². The number of anilines is 2. The van der Waals surface area contributed by atoms with Gasteiger partial charge in [0.25, 0.3) is 0 Å². The molecule has 14 nitrogen and oxygen atoms in total. The minimum atomic E-state index is -2.11. The van der Waals surface area contributed by atoms with Gasteiger partial charge in [0.2, 0.25) is 0 Å². The number of halogens is 2. The van der Waals surface area contributed by atoms with E-state index in [9.17, 15) is 23.6 Å². The van der Waals surface area contributed by atoms with E-state index in [0.717, 1.165) is 0 Å². The first kappa shape index (κ1) is 36.1. The molecule has 44 heavy (non-hydrogen) atoms. The van der Waals surface area contributed by atoms with Gasteiger partial charge in [0, 0.05) is 11.3 Å². The SMILES string of the molecule is C/C(C(N)=N[C@@H]1OC(CO)[C@@H](OP=S)[C@H]1F)=C(/N)CC/C=C/CCc1ncnc(N[C@@H]2O[C@H](CO)[C@@H](O[P+](C)=O)[C@H]2F)c1N. The van der Waals surface area contributed by atoms with Gasteiger partial charge in [0.1, 0.15) is 38.1 Å². The summed E-state index contributed by atoms with van der Waals surface area (Å²) >= 11 is 4.70. The van der Waals surface area contributed by atoms with Crippen LogP contribution in [0.1, 0.15) is 31.9 Å². The number of nitrogens with one attached hydrogen (secondary N) is 1. The highest BCUT2D eigenvalue weighted by Crippen LogP contribution is 2.34. The normalized spacial score (nSPS) is 30.2. The summed E-state index contributed by atoms with van der Waals surface area (Å²) < 4.78 is 62.2. The molecule has 3 heterocycles. The van der Waals surface area contributed by atoms with Crippen LogP contribution in [0.2, 0.25) is 0 Å². The second-order valence-electron chi connectivity index (χ2n) is 10.0. The van der Waals surface area contributed by atoms with Gasteiger partial charge in [0.15, 0.2) is 43.4 Å². The Morgan fingerprint density at radius 3 is 2.52 bits per heavy atom. The standard InChI is InChI=1S/C25H38F2N7O7P2S/c1-12(22(30)33-24-17(26)20(40-42-44)15(9-35)38-24)13(28)7-5-3-4-6-8-14-19(29)23(32-11-31-14)34-25-18(27)21(41-43(2)37)16(10-36)39-25/h3-4,11,15-18,20-21,24-25,35-36H,5-10,28-29H2,1-2H3,(H2,30,33)(H,31,32,34)/q+1/b4-3+,13-12-/t15?,16-,17-,18-,20-,21-,24-,25-/m1/s1. The van der Waals surface area contributed by atoms with E-state index in [2.05, 4.69) is 20.3 Å². The average Bonchev–Trinajstić information content (AvgIpc) is 3.46. The van der Waals surface area contributed by atoms with Crippen molar-refractivity contribution >= 4 is 44.8 Å². The molecular weight excluding hydrogens is 642 g/mol. The van der Waals surface area contributed by atoms with E-state index in [1.54, 1.807) is 6.92 Å². The highest BCUT2D eigenvalue weighted by Gasteiger charge is 2.50. The molecule has 1 aromatic rings. The zero-order valence-corrected chi connectivity index (χ0v) is 26.8. The fourth-order valence-electron chi connectivity index (χ4n) is 4.56. The summed E-state index contributed by atoms with van der Waals surface area (Å²) in [6.07, 6.45) is -2.75. The van der Waals surface area contributed by atoms with Crippen LogP contribution < -0.4 is 22.5 Å². The maximum atomic E-state index is 14.9. The topological polar surface area (TPSA) is 223 Å². The molecule has 0 aromatic carbocycles. The number of alkyl halides is 2. The summed E-state index contributed by atoms with van der Waals surface area (Å²) in [6, 6.07) is 0. The quantitative estimate of drug-likeness (QED) is 0.0636. The summed E-state index contributed by atoms with van der Waals surface area (Å²) in [4.78, 5) is 12.4. The predicted octanol–water partition coefficient (Wildman–Crippen LogP) is 1.91. The predicted molar refractivity (Wildman–Crippen MR) is 164 cm³/mol. The number of rotatable bonds is 16. The van der Waals surface area contributed by atoms with E-state index in [-0.39, 0.29) is 24.9 Å². The molecule has 0 aliphatic carbocycles. The monoisotopic (exact) mass is 680 g/mol. The van der Waals surface area contributed by atoms with Gasteiger partial charge >= 0.3 is 8.03 Å². The molecule has 0 saturated carbocycles. The highest BCUT2D eigenvalue weighted by molar-refractivity contribution is 7.94. The number of hydrogen-bond acceptors (Lipinski definition) is 14. The van der Waals surface area contributed by atoms with Crippen molar-refractivity contribution in [3.05, 3.63) is 35.4 Å². The van der Waals surface area contributed by atoms with Crippen LogP contribution in [0.4, 0.5) is 20.3 Å². The molecule has 3 rings (SSSR count). The van der Waals surface area contributed by atoms with Crippen LogP contribution in [0.5, 0.6) is 0 Å². The van der Waals surface area contributed by atoms with Gasteiger partial charge in [-0.3, -0.25) is 0 Å². The lowest BCUT2D eigenvalue weighted by molar-refractivity contribution is -0.0107. The smallest absolute Gasteiger partial charge is 0.402 e. The molecule has 2 aliphatic rings. The molecular formula is C25H38F2N7O7P2S+. The van der Waals surface area contributed by atoms with Crippen LogP contribution >= 0.6 is 15.6 Å². The molecule has 0 amide bonds. The van der Waals surface area contributed by atoms with E-state index in [0.29, 0.717) is 42.6 Å². The molecule has 19 heteroatoms. The number of aromatic nitrogens is 2. The summed E-state index contributed by atoms with van der Waals surface area (Å²) in [5.41, 5.74) is 20.2. The zero-order valence-electron chi connectivity index (χ0n) is 24.2. The molecule has 9 N–H and O–H groups in total. The summed E-state index contributed by atoms with van der Waals surface area (Å²) in [7, 11) is -2.02. The molecule has 0 bridgehead atoms. The first-order valence-corrected chi connectivity index (χ1v) is 17.1. The van der Waals surface area contributed by atoms with Crippen LogP contribution in [0, 0.1) is 0 Å². The third-order valence-electron chi connectivity index (χ3n) is 7.03. The highest BCUT2D eigenvalue weighted by atomic mass is 32.4. The Kier molecular flexibility index (Phi) is 14.3. The fourth-order valence-corrected chi connectivity index (χ4v) is 5.81. The van der Waals surface area contributed by atoms with Gasteiger partial charge in [0.05, 0.1) is 24.6 Å². The average molecular weight is 681 g/mol. The maximum absolute atomic E-state index is 14.9. The molecule has 244 valence electrons. The van der Waals surface area contributed by atoms with Crippen molar-refractivity contribution in [2.75, 3.05) is 30.9 Å². The van der Waals surface area contributed by atoms with E-state index in [1.165, 1.54) is 13.0 Å². The van der Waals surface area contributed by atoms with Crippen molar-refractivity contribution < 1.29 is 42.1 Å². The van der Waals surface area contributed by atoms with Crippen molar-refractivity contribution in [3.63, 3.8) is 0 Å². The lowest BCUT2D eigenvalue weighted by Crippen LogP contribution is -2.34. The van der Waals surface area contributed by atoms with Crippen LogP contribution in [0.25, 0.3) is 0 Å². The minimum absolute atomic E-state index is 0.0221. The minimum Gasteiger partial charge on any atom is -0.402 e. The third-order valence-corrected chi connectivity index (χ3v) is 8.15. The van der Waals surface area contributed by atoms with E-state index >= 15 is 0 Å². The van der Waals surface area contributed by atoms with Crippen molar-refractivity contribution in [1.29, 1.82) is 0 Å². The van der Waals surface area contributed by atoms with Crippen molar-refractivity contribution in [3.8, 4) is 0 Å². The number of aryl methyl sites for hydroxylation is 1. The molecule has 0 radical (unpaired) electrons. The Morgan fingerprint density at radius 1 is 1.18 bits per heavy atom. The number of nitrogens with two attached hydrogens (primary N) is 3. The Balaban J connectivity index is 1.51. The fraction of sp³-hybridized carbons (Fsp3) is 0.640. The number of aliphatic hydroxyl groups excluding tert-OH is 2. The number of aliphatic imine (C=N–C) groups is 1. The number of amidine groups is 1.